The van der Waals surface area contributed by atoms with Crippen LogP contribution in [0.1, 0.15) is 77.6 Å². The van der Waals surface area contributed by atoms with Crippen molar-refractivity contribution in [2.45, 2.75) is 102 Å². The summed E-state index contributed by atoms with van der Waals surface area (Å²) >= 11 is 0. The summed E-state index contributed by atoms with van der Waals surface area (Å²) in [6.45, 7) is 4.08. The van der Waals surface area contributed by atoms with Crippen LogP contribution in [0.3, 0.4) is 0 Å². The highest BCUT2D eigenvalue weighted by Crippen LogP contribution is 2.34. The van der Waals surface area contributed by atoms with E-state index in [0.717, 1.165) is 38.3 Å². The SMILES string of the molecule is CC1CCC(N(CC2CCCO2)C(=O)CC2CC3CCC(C2)N3)CC1. The fraction of sp³-hybridized carbons (Fsp3) is 0.952. The lowest BCUT2D eigenvalue weighted by Crippen LogP contribution is -2.47. The Bertz CT molecular complexity index is 443. The van der Waals surface area contributed by atoms with E-state index in [1.54, 1.807) is 0 Å². The highest BCUT2D eigenvalue weighted by atomic mass is 16.5. The van der Waals surface area contributed by atoms with Gasteiger partial charge in [0.25, 0.3) is 0 Å². The number of carbonyl (C=O) groups is 1. The van der Waals surface area contributed by atoms with Crippen LogP contribution in [0.15, 0.2) is 0 Å². The van der Waals surface area contributed by atoms with Crippen LogP contribution in [0.5, 0.6) is 0 Å². The van der Waals surface area contributed by atoms with Gasteiger partial charge in [0.1, 0.15) is 0 Å². The molecule has 1 aliphatic carbocycles. The predicted molar refractivity (Wildman–Crippen MR) is 99.4 cm³/mol. The number of rotatable bonds is 5. The number of hydrogen-bond donors (Lipinski definition) is 1. The molecule has 2 bridgehead atoms. The van der Waals surface area contributed by atoms with Gasteiger partial charge >= 0.3 is 0 Å². The third kappa shape index (κ3) is 4.39. The van der Waals surface area contributed by atoms with Gasteiger partial charge < -0.3 is 15.0 Å². The average Bonchev–Trinajstić information content (AvgIpc) is 3.23. The summed E-state index contributed by atoms with van der Waals surface area (Å²) in [5, 5.41) is 3.70. The summed E-state index contributed by atoms with van der Waals surface area (Å²) in [4.78, 5) is 15.5. The van der Waals surface area contributed by atoms with E-state index in [4.69, 9.17) is 4.74 Å². The first kappa shape index (κ1) is 17.8. The van der Waals surface area contributed by atoms with Gasteiger partial charge in [0.15, 0.2) is 0 Å². The van der Waals surface area contributed by atoms with Gasteiger partial charge in [0.2, 0.25) is 5.91 Å². The number of carbonyl (C=O) groups excluding carboxylic acids is 1. The summed E-state index contributed by atoms with van der Waals surface area (Å²) in [7, 11) is 0. The zero-order chi connectivity index (χ0) is 17.2. The molecule has 0 radical (unpaired) electrons. The molecule has 3 saturated heterocycles. The molecule has 1 N–H and O–H groups in total. The summed E-state index contributed by atoms with van der Waals surface area (Å²) in [6.07, 6.45) is 13.3. The third-order valence-electron chi connectivity index (χ3n) is 7.20. The van der Waals surface area contributed by atoms with Crippen LogP contribution in [0.2, 0.25) is 0 Å². The summed E-state index contributed by atoms with van der Waals surface area (Å²) in [6, 6.07) is 1.82. The molecule has 1 amide bonds. The van der Waals surface area contributed by atoms with Crippen LogP contribution in [0, 0.1) is 11.8 Å². The van der Waals surface area contributed by atoms with Crippen molar-refractivity contribution in [1.82, 2.24) is 10.2 Å². The molecule has 0 spiro atoms. The Morgan fingerprint density at radius 2 is 1.76 bits per heavy atom. The molecule has 0 aromatic carbocycles. The van der Waals surface area contributed by atoms with Gasteiger partial charge in [-0.15, -0.1) is 0 Å². The van der Waals surface area contributed by atoms with Crippen molar-refractivity contribution in [3.05, 3.63) is 0 Å². The van der Waals surface area contributed by atoms with E-state index in [2.05, 4.69) is 17.1 Å². The lowest BCUT2D eigenvalue weighted by atomic mass is 9.85. The Kier molecular flexibility index (Phi) is 5.66. The smallest absolute Gasteiger partial charge is 0.223 e. The molecular formula is C21H36N2O2. The number of nitrogens with zero attached hydrogens (tertiary/aromatic N) is 1. The van der Waals surface area contributed by atoms with Gasteiger partial charge in [-0.3, -0.25) is 4.79 Å². The zero-order valence-corrected chi connectivity index (χ0v) is 15.9. The summed E-state index contributed by atoms with van der Waals surface area (Å²) in [5.41, 5.74) is 0. The first-order chi connectivity index (χ1) is 12.2. The molecule has 4 fully saturated rings. The van der Waals surface area contributed by atoms with Gasteiger partial charge in [-0.25, -0.2) is 0 Å². The third-order valence-corrected chi connectivity index (χ3v) is 7.20. The summed E-state index contributed by atoms with van der Waals surface area (Å²) < 4.78 is 5.88. The van der Waals surface area contributed by atoms with Crippen molar-refractivity contribution in [2.75, 3.05) is 13.2 Å². The average molecular weight is 349 g/mol. The van der Waals surface area contributed by atoms with E-state index in [-0.39, 0.29) is 6.10 Å². The molecule has 1 saturated carbocycles. The number of amides is 1. The molecule has 25 heavy (non-hydrogen) atoms. The largest absolute Gasteiger partial charge is 0.376 e. The van der Waals surface area contributed by atoms with E-state index >= 15 is 0 Å². The van der Waals surface area contributed by atoms with Crippen LogP contribution in [0.4, 0.5) is 0 Å². The summed E-state index contributed by atoms with van der Waals surface area (Å²) in [5.74, 6) is 1.85. The normalized spacial score (nSPS) is 41.0. The second-order valence-corrected chi connectivity index (χ2v) is 9.27. The van der Waals surface area contributed by atoms with E-state index < -0.39 is 0 Å². The molecule has 3 atom stereocenters. The maximum atomic E-state index is 13.3. The van der Waals surface area contributed by atoms with E-state index in [9.17, 15) is 4.79 Å². The van der Waals surface area contributed by atoms with Gasteiger partial charge in [0, 0.05) is 37.7 Å². The molecule has 4 rings (SSSR count). The van der Waals surface area contributed by atoms with Crippen molar-refractivity contribution >= 4 is 5.91 Å². The molecule has 4 heteroatoms. The molecule has 4 aliphatic rings. The lowest BCUT2D eigenvalue weighted by Gasteiger charge is -2.39. The molecular weight excluding hydrogens is 312 g/mol. The number of fused-ring (bicyclic) bond motifs is 2. The van der Waals surface area contributed by atoms with E-state index in [1.165, 1.54) is 51.4 Å². The highest BCUT2D eigenvalue weighted by Gasteiger charge is 2.36. The quantitative estimate of drug-likeness (QED) is 0.827. The Balaban J connectivity index is 1.38. The molecule has 0 aromatic rings. The van der Waals surface area contributed by atoms with Crippen LogP contribution >= 0.6 is 0 Å². The maximum absolute atomic E-state index is 13.3. The Morgan fingerprint density at radius 3 is 2.40 bits per heavy atom. The molecule has 3 unspecified atom stereocenters. The second-order valence-electron chi connectivity index (χ2n) is 9.27. The standard InChI is InChI=1S/C21H36N2O2/c1-15-4-8-19(9-5-15)23(14-20-3-2-10-25-20)21(24)13-16-11-17-6-7-18(12-16)22-17/h15-20,22H,2-14H2,1H3. The molecule has 3 heterocycles. The van der Waals surface area contributed by atoms with Crippen molar-refractivity contribution in [3.8, 4) is 0 Å². The number of hydrogen-bond acceptors (Lipinski definition) is 3. The molecule has 3 aliphatic heterocycles. The van der Waals surface area contributed by atoms with Crippen molar-refractivity contribution < 1.29 is 9.53 Å². The molecule has 0 aromatic heterocycles. The Morgan fingerprint density at radius 1 is 1.04 bits per heavy atom. The zero-order valence-electron chi connectivity index (χ0n) is 15.9. The van der Waals surface area contributed by atoms with Gasteiger partial charge in [-0.1, -0.05) is 6.92 Å². The number of piperidine rings is 1. The molecule has 142 valence electrons. The van der Waals surface area contributed by atoms with Crippen LogP contribution in [-0.4, -0.2) is 48.2 Å². The van der Waals surface area contributed by atoms with Crippen LogP contribution in [0.25, 0.3) is 0 Å². The van der Waals surface area contributed by atoms with Gasteiger partial charge in [-0.2, -0.15) is 0 Å². The van der Waals surface area contributed by atoms with Crippen molar-refractivity contribution in [3.63, 3.8) is 0 Å². The van der Waals surface area contributed by atoms with Crippen LogP contribution < -0.4 is 5.32 Å². The minimum atomic E-state index is 0.285. The maximum Gasteiger partial charge on any atom is 0.223 e. The minimum absolute atomic E-state index is 0.285. The first-order valence-corrected chi connectivity index (χ1v) is 10.8. The predicted octanol–water partition coefficient (Wildman–Crippen LogP) is 3.49. The number of nitrogens with one attached hydrogen (secondary N) is 1. The monoisotopic (exact) mass is 348 g/mol. The minimum Gasteiger partial charge on any atom is -0.376 e. The lowest BCUT2D eigenvalue weighted by molar-refractivity contribution is -0.137. The number of ether oxygens (including phenoxy) is 1. The van der Waals surface area contributed by atoms with Crippen molar-refractivity contribution in [2.24, 2.45) is 11.8 Å². The van der Waals surface area contributed by atoms with E-state index in [0.29, 0.717) is 30.0 Å². The van der Waals surface area contributed by atoms with Gasteiger partial charge in [-0.05, 0) is 76.0 Å². The Labute approximate surface area is 153 Å². The highest BCUT2D eigenvalue weighted by molar-refractivity contribution is 5.77. The molecule has 4 nitrogen and oxygen atoms in total. The first-order valence-electron chi connectivity index (χ1n) is 10.8. The van der Waals surface area contributed by atoms with Crippen LogP contribution in [-0.2, 0) is 9.53 Å². The fourth-order valence-corrected chi connectivity index (χ4v) is 5.72. The second kappa shape index (κ2) is 7.96. The Hall–Kier alpha value is -0.610. The fourth-order valence-electron chi connectivity index (χ4n) is 5.72. The topological polar surface area (TPSA) is 41.6 Å². The van der Waals surface area contributed by atoms with Crippen molar-refractivity contribution in [1.29, 1.82) is 0 Å². The van der Waals surface area contributed by atoms with Gasteiger partial charge in [0.05, 0.1) is 6.10 Å². The van der Waals surface area contributed by atoms with E-state index in [1.807, 2.05) is 0 Å².